The Balaban J connectivity index is 1.14. The normalized spacial score (nSPS) is 17.7. The average Bonchev–Trinajstić information content (AvgIpc) is 2.76. The zero-order chi connectivity index (χ0) is 20.3. The molecule has 0 N–H and O–H groups in total. The third-order valence-electron chi connectivity index (χ3n) is 6.22. The van der Waals surface area contributed by atoms with E-state index in [1.165, 1.54) is 19.3 Å². The van der Waals surface area contributed by atoms with E-state index < -0.39 is 0 Å². The van der Waals surface area contributed by atoms with Gasteiger partial charge in [-0.3, -0.25) is 9.78 Å². The molecule has 1 saturated heterocycles. The summed E-state index contributed by atoms with van der Waals surface area (Å²) in [6.45, 7) is 2.04. The molecule has 1 saturated carbocycles. The third-order valence-corrected chi connectivity index (χ3v) is 6.22. The van der Waals surface area contributed by atoms with Crippen LogP contribution in [0.1, 0.15) is 54.2 Å². The molecule has 7 heteroatoms. The summed E-state index contributed by atoms with van der Waals surface area (Å²) in [5, 5.41) is 0. The van der Waals surface area contributed by atoms with Gasteiger partial charge in [0.2, 0.25) is 5.88 Å². The van der Waals surface area contributed by atoms with Crippen LogP contribution in [0.15, 0.2) is 42.9 Å². The van der Waals surface area contributed by atoms with Gasteiger partial charge in [-0.15, -0.1) is 0 Å². The van der Waals surface area contributed by atoms with Gasteiger partial charge in [-0.1, -0.05) is 18.6 Å². The van der Waals surface area contributed by atoms with Crippen LogP contribution in [0.5, 0.6) is 5.88 Å². The second kappa shape index (κ2) is 8.34. The van der Waals surface area contributed by atoms with Crippen LogP contribution in [0.25, 0.3) is 11.0 Å². The Morgan fingerprint density at radius 2 is 1.83 bits per heavy atom. The van der Waals surface area contributed by atoms with Gasteiger partial charge in [-0.25, -0.2) is 15.0 Å². The van der Waals surface area contributed by atoms with Gasteiger partial charge in [0.05, 0.1) is 29.5 Å². The molecule has 2 aliphatic rings. The molecule has 30 heavy (non-hydrogen) atoms. The molecule has 0 radical (unpaired) electrons. The molecule has 1 aliphatic carbocycles. The Bertz CT molecular complexity index is 1040. The lowest BCUT2D eigenvalue weighted by Crippen LogP contribution is -2.40. The van der Waals surface area contributed by atoms with E-state index in [4.69, 9.17) is 4.74 Å². The minimum Gasteiger partial charge on any atom is -0.477 e. The van der Waals surface area contributed by atoms with Crippen molar-refractivity contribution in [2.75, 3.05) is 19.7 Å². The summed E-state index contributed by atoms with van der Waals surface area (Å²) in [5.74, 6) is 1.60. The van der Waals surface area contributed by atoms with Crippen molar-refractivity contribution in [3.05, 3.63) is 54.2 Å². The van der Waals surface area contributed by atoms with Gasteiger partial charge in [0.15, 0.2) is 0 Å². The lowest BCUT2D eigenvalue weighted by molar-refractivity contribution is 0.0653. The van der Waals surface area contributed by atoms with Crippen LogP contribution in [0.4, 0.5) is 0 Å². The average molecular weight is 403 g/mol. The minimum atomic E-state index is -0.0476. The molecule has 1 aliphatic heterocycles. The number of carbonyl (C=O) groups is 1. The van der Waals surface area contributed by atoms with Crippen LogP contribution in [-0.2, 0) is 0 Å². The zero-order valence-electron chi connectivity index (χ0n) is 16.9. The molecule has 1 aromatic carbocycles. The highest BCUT2D eigenvalue weighted by Crippen LogP contribution is 2.35. The number of rotatable bonds is 5. The number of likely N-dealkylation sites (tertiary alicyclic amines) is 1. The van der Waals surface area contributed by atoms with Crippen molar-refractivity contribution in [1.29, 1.82) is 0 Å². The summed E-state index contributed by atoms with van der Waals surface area (Å²) < 4.78 is 5.96. The Hall–Kier alpha value is -3.09. The van der Waals surface area contributed by atoms with Gasteiger partial charge < -0.3 is 9.64 Å². The Labute approximate surface area is 175 Å². The molecule has 3 heterocycles. The van der Waals surface area contributed by atoms with E-state index >= 15 is 0 Å². The number of aromatic nitrogens is 4. The maximum Gasteiger partial charge on any atom is 0.274 e. The van der Waals surface area contributed by atoms with E-state index in [2.05, 4.69) is 19.9 Å². The summed E-state index contributed by atoms with van der Waals surface area (Å²) in [4.78, 5) is 32.2. The van der Waals surface area contributed by atoms with Crippen LogP contribution < -0.4 is 4.74 Å². The molecule has 5 rings (SSSR count). The Morgan fingerprint density at radius 1 is 1.03 bits per heavy atom. The lowest BCUT2D eigenvalue weighted by atomic mass is 9.83. The zero-order valence-corrected chi connectivity index (χ0v) is 16.9. The molecule has 0 spiro atoms. The summed E-state index contributed by atoms with van der Waals surface area (Å²) in [6.07, 6.45) is 8.71. The summed E-state index contributed by atoms with van der Waals surface area (Å²) in [7, 11) is 0. The van der Waals surface area contributed by atoms with E-state index in [0.29, 0.717) is 43.1 Å². The van der Waals surface area contributed by atoms with E-state index in [9.17, 15) is 4.79 Å². The first-order chi connectivity index (χ1) is 14.8. The molecule has 0 unspecified atom stereocenters. The molecular formula is C23H25N5O2. The SMILES string of the molecule is O=C(c1cnc2ccccc2n1)N1CCC(COc2cc(C3CCC3)ncn2)CC1. The number of hydrogen-bond acceptors (Lipinski definition) is 6. The van der Waals surface area contributed by atoms with Crippen molar-refractivity contribution in [2.45, 2.75) is 38.0 Å². The highest BCUT2D eigenvalue weighted by atomic mass is 16.5. The van der Waals surface area contributed by atoms with Crippen LogP contribution in [-0.4, -0.2) is 50.4 Å². The molecule has 154 valence electrons. The van der Waals surface area contributed by atoms with Crippen LogP contribution in [0.2, 0.25) is 0 Å². The maximum atomic E-state index is 12.8. The second-order valence-corrected chi connectivity index (χ2v) is 8.20. The monoisotopic (exact) mass is 403 g/mol. The van der Waals surface area contributed by atoms with E-state index in [-0.39, 0.29) is 5.91 Å². The molecular weight excluding hydrogens is 378 g/mol. The van der Waals surface area contributed by atoms with E-state index in [0.717, 1.165) is 29.6 Å². The summed E-state index contributed by atoms with van der Waals surface area (Å²) in [6, 6.07) is 9.59. The number of hydrogen-bond donors (Lipinski definition) is 0. The molecule has 1 amide bonds. The van der Waals surface area contributed by atoms with E-state index in [1.807, 2.05) is 35.2 Å². The van der Waals surface area contributed by atoms with Gasteiger partial charge in [-0.05, 0) is 43.7 Å². The number of benzene rings is 1. The fourth-order valence-electron chi connectivity index (χ4n) is 4.09. The highest BCUT2D eigenvalue weighted by Gasteiger charge is 2.26. The van der Waals surface area contributed by atoms with Crippen molar-refractivity contribution in [1.82, 2.24) is 24.8 Å². The van der Waals surface area contributed by atoms with Gasteiger partial charge in [-0.2, -0.15) is 0 Å². The first-order valence-electron chi connectivity index (χ1n) is 10.7. The quantitative estimate of drug-likeness (QED) is 0.647. The first kappa shape index (κ1) is 18.9. The molecule has 0 bridgehead atoms. The number of fused-ring (bicyclic) bond motifs is 1. The standard InChI is InChI=1S/C23H25N5O2/c29-23(21-13-24-18-6-1-2-7-19(18)27-21)28-10-8-16(9-11-28)14-30-22-12-20(25-15-26-22)17-4-3-5-17/h1-2,6-7,12-13,15-17H,3-5,8-11,14H2. The molecule has 3 aromatic rings. The molecule has 0 atom stereocenters. The fraction of sp³-hybridized carbons (Fsp3) is 0.435. The number of amides is 1. The molecule has 2 fully saturated rings. The predicted molar refractivity (Wildman–Crippen MR) is 112 cm³/mol. The number of piperidine rings is 1. The maximum absolute atomic E-state index is 12.8. The molecule has 2 aromatic heterocycles. The van der Waals surface area contributed by atoms with Gasteiger partial charge in [0.25, 0.3) is 5.91 Å². The van der Waals surface area contributed by atoms with Gasteiger partial charge in [0, 0.05) is 25.1 Å². The van der Waals surface area contributed by atoms with E-state index in [1.54, 1.807) is 12.5 Å². The first-order valence-corrected chi connectivity index (χ1v) is 10.7. The lowest BCUT2D eigenvalue weighted by Gasteiger charge is -2.31. The molecule has 7 nitrogen and oxygen atoms in total. The minimum absolute atomic E-state index is 0.0476. The predicted octanol–water partition coefficient (Wildman–Crippen LogP) is 3.62. The van der Waals surface area contributed by atoms with Gasteiger partial charge >= 0.3 is 0 Å². The van der Waals surface area contributed by atoms with Gasteiger partial charge in [0.1, 0.15) is 12.0 Å². The number of ether oxygens (including phenoxy) is 1. The Morgan fingerprint density at radius 3 is 2.60 bits per heavy atom. The van der Waals surface area contributed by atoms with Crippen molar-refractivity contribution in [2.24, 2.45) is 5.92 Å². The highest BCUT2D eigenvalue weighted by molar-refractivity contribution is 5.93. The smallest absolute Gasteiger partial charge is 0.274 e. The summed E-state index contributed by atoms with van der Waals surface area (Å²) in [5.41, 5.74) is 3.06. The van der Waals surface area contributed by atoms with Crippen LogP contribution >= 0.6 is 0 Å². The van der Waals surface area contributed by atoms with Crippen molar-refractivity contribution < 1.29 is 9.53 Å². The van der Waals surface area contributed by atoms with Crippen molar-refractivity contribution >= 4 is 16.9 Å². The largest absolute Gasteiger partial charge is 0.477 e. The topological polar surface area (TPSA) is 81.1 Å². The van der Waals surface area contributed by atoms with Crippen molar-refractivity contribution in [3.63, 3.8) is 0 Å². The Kier molecular flexibility index (Phi) is 5.26. The number of nitrogens with zero attached hydrogens (tertiary/aromatic N) is 5. The van der Waals surface area contributed by atoms with Crippen molar-refractivity contribution in [3.8, 4) is 5.88 Å². The fourth-order valence-corrected chi connectivity index (χ4v) is 4.09. The summed E-state index contributed by atoms with van der Waals surface area (Å²) >= 11 is 0. The number of para-hydroxylation sites is 2. The second-order valence-electron chi connectivity index (χ2n) is 8.20. The van der Waals surface area contributed by atoms with Crippen LogP contribution in [0, 0.1) is 5.92 Å². The number of carbonyl (C=O) groups excluding carboxylic acids is 1. The van der Waals surface area contributed by atoms with Crippen LogP contribution in [0.3, 0.4) is 0 Å². The third kappa shape index (κ3) is 3.97.